The summed E-state index contributed by atoms with van der Waals surface area (Å²) in [5, 5.41) is 11.2. The number of carbonyl (C=O) groups is 2. The third kappa shape index (κ3) is 4.86. The van der Waals surface area contributed by atoms with E-state index in [4.69, 9.17) is 4.74 Å². The number of aliphatic hydroxyl groups is 1. The van der Waals surface area contributed by atoms with Gasteiger partial charge in [0, 0.05) is 18.7 Å². The van der Waals surface area contributed by atoms with Gasteiger partial charge in [-0.25, -0.2) is 0 Å². The van der Waals surface area contributed by atoms with Crippen LogP contribution < -0.4 is 4.74 Å². The highest BCUT2D eigenvalue weighted by atomic mass is 16.5. The van der Waals surface area contributed by atoms with Crippen molar-refractivity contribution in [2.45, 2.75) is 33.2 Å². The number of rotatable bonds is 8. The molecule has 1 aliphatic rings. The van der Waals surface area contributed by atoms with Crippen LogP contribution in [0.4, 0.5) is 0 Å². The van der Waals surface area contributed by atoms with Gasteiger partial charge in [-0.15, -0.1) is 0 Å². The van der Waals surface area contributed by atoms with Crippen LogP contribution in [0.3, 0.4) is 0 Å². The summed E-state index contributed by atoms with van der Waals surface area (Å²) >= 11 is 0. The number of ketones is 1. The summed E-state index contributed by atoms with van der Waals surface area (Å²) in [6, 6.07) is 12.4. The largest absolute Gasteiger partial charge is 0.507 e. The maximum Gasteiger partial charge on any atom is 0.295 e. The monoisotopic (exact) mass is 436 g/mol. The van der Waals surface area contributed by atoms with Crippen molar-refractivity contribution in [2.24, 2.45) is 0 Å². The highest BCUT2D eigenvalue weighted by Gasteiger charge is 2.45. The number of likely N-dealkylation sites (tertiary alicyclic amines) is 1. The highest BCUT2D eigenvalue weighted by molar-refractivity contribution is 6.46. The van der Waals surface area contributed by atoms with Crippen LogP contribution >= 0.6 is 0 Å². The Kier molecular flexibility index (Phi) is 7.36. The predicted molar refractivity (Wildman–Crippen MR) is 126 cm³/mol. The molecule has 1 fully saturated rings. The van der Waals surface area contributed by atoms with Crippen molar-refractivity contribution in [3.8, 4) is 5.75 Å². The topological polar surface area (TPSA) is 70.1 Å². The van der Waals surface area contributed by atoms with Gasteiger partial charge in [-0.05, 0) is 63.7 Å². The minimum Gasteiger partial charge on any atom is -0.507 e. The zero-order valence-corrected chi connectivity index (χ0v) is 19.5. The number of ether oxygens (including phenoxy) is 1. The molecule has 32 heavy (non-hydrogen) atoms. The molecule has 1 N–H and O–H groups in total. The van der Waals surface area contributed by atoms with Crippen LogP contribution in [-0.4, -0.2) is 60.4 Å². The summed E-state index contributed by atoms with van der Waals surface area (Å²) < 4.78 is 5.73. The molecule has 1 atom stereocenters. The van der Waals surface area contributed by atoms with Gasteiger partial charge in [0.15, 0.2) is 0 Å². The maximum absolute atomic E-state index is 13.1. The van der Waals surface area contributed by atoms with Crippen molar-refractivity contribution < 1.29 is 19.4 Å². The second-order valence-corrected chi connectivity index (χ2v) is 8.54. The Hall–Kier alpha value is -3.12. The van der Waals surface area contributed by atoms with Gasteiger partial charge in [-0.3, -0.25) is 9.59 Å². The van der Waals surface area contributed by atoms with Gasteiger partial charge in [0.1, 0.15) is 11.5 Å². The van der Waals surface area contributed by atoms with Crippen LogP contribution in [0, 0.1) is 13.8 Å². The Balaban J connectivity index is 2.09. The van der Waals surface area contributed by atoms with Gasteiger partial charge in [-0.1, -0.05) is 36.8 Å². The van der Waals surface area contributed by atoms with Gasteiger partial charge in [0.2, 0.25) is 0 Å². The van der Waals surface area contributed by atoms with Crippen LogP contribution in [0.1, 0.15) is 41.6 Å². The quantitative estimate of drug-likeness (QED) is 0.384. The van der Waals surface area contributed by atoms with Gasteiger partial charge in [0.25, 0.3) is 11.7 Å². The number of hydrogen-bond donors (Lipinski definition) is 1. The molecular formula is C26H32N2O4. The van der Waals surface area contributed by atoms with E-state index < -0.39 is 17.7 Å². The molecule has 0 radical (unpaired) electrons. The van der Waals surface area contributed by atoms with E-state index in [9.17, 15) is 14.7 Å². The van der Waals surface area contributed by atoms with E-state index in [0.29, 0.717) is 25.3 Å². The Morgan fingerprint density at radius 2 is 1.78 bits per heavy atom. The average molecular weight is 437 g/mol. The summed E-state index contributed by atoms with van der Waals surface area (Å²) in [5.41, 5.74) is 3.36. The third-order valence-corrected chi connectivity index (χ3v) is 5.63. The zero-order valence-electron chi connectivity index (χ0n) is 19.5. The molecule has 0 bridgehead atoms. The van der Waals surface area contributed by atoms with Crippen LogP contribution in [0.2, 0.25) is 0 Å². The zero-order chi connectivity index (χ0) is 23.4. The number of carbonyl (C=O) groups excluding carboxylic acids is 2. The SMILES string of the molecule is CCCOc1ccc(C(O)=C2C(=O)C(=O)N(CCN(C)C)[C@H]2c2ccc(C)cc2)cc1C. The average Bonchev–Trinajstić information content (AvgIpc) is 3.01. The summed E-state index contributed by atoms with van der Waals surface area (Å²) in [7, 11) is 3.84. The number of Topliss-reactive ketones (excluding diaryl/α,β-unsaturated/α-hetero) is 1. The first kappa shape index (κ1) is 23.5. The lowest BCUT2D eigenvalue weighted by atomic mass is 9.94. The van der Waals surface area contributed by atoms with Gasteiger partial charge >= 0.3 is 0 Å². The van der Waals surface area contributed by atoms with Crippen LogP contribution in [-0.2, 0) is 9.59 Å². The van der Waals surface area contributed by atoms with E-state index in [2.05, 4.69) is 0 Å². The molecule has 2 aromatic rings. The molecule has 2 aromatic carbocycles. The molecular weight excluding hydrogens is 404 g/mol. The molecule has 0 aromatic heterocycles. The smallest absolute Gasteiger partial charge is 0.295 e. The molecule has 0 spiro atoms. The molecule has 6 nitrogen and oxygen atoms in total. The molecule has 0 unspecified atom stereocenters. The summed E-state index contributed by atoms with van der Waals surface area (Å²) in [4.78, 5) is 29.5. The van der Waals surface area contributed by atoms with Crippen LogP contribution in [0.25, 0.3) is 5.76 Å². The standard InChI is InChI=1S/C26H32N2O4/c1-6-15-32-21-12-11-20(16-18(21)3)24(29)22-23(19-9-7-17(2)8-10-19)28(14-13-27(4)5)26(31)25(22)30/h7-12,16,23,29H,6,13-15H2,1-5H3/t23-/m0/s1. The second kappa shape index (κ2) is 10.0. The number of likely N-dealkylation sites (N-methyl/N-ethyl adjacent to an activating group) is 1. The fourth-order valence-corrected chi connectivity index (χ4v) is 3.84. The molecule has 3 rings (SSSR count). The number of hydrogen-bond acceptors (Lipinski definition) is 5. The Morgan fingerprint density at radius 1 is 1.09 bits per heavy atom. The molecule has 1 amide bonds. The highest BCUT2D eigenvalue weighted by Crippen LogP contribution is 2.39. The molecule has 6 heteroatoms. The Bertz CT molecular complexity index is 1020. The van der Waals surface area contributed by atoms with E-state index in [1.807, 2.05) is 64.0 Å². The number of amides is 1. The molecule has 0 saturated carbocycles. The van der Waals surface area contributed by atoms with Crippen molar-refractivity contribution in [3.05, 3.63) is 70.3 Å². The summed E-state index contributed by atoms with van der Waals surface area (Å²) in [6.07, 6.45) is 0.897. The van der Waals surface area contributed by atoms with E-state index in [-0.39, 0.29) is 11.3 Å². The van der Waals surface area contributed by atoms with Crippen LogP contribution in [0.5, 0.6) is 5.75 Å². The van der Waals surface area contributed by atoms with Gasteiger partial charge < -0.3 is 19.6 Å². The van der Waals surface area contributed by atoms with Crippen molar-refractivity contribution in [2.75, 3.05) is 33.8 Å². The van der Waals surface area contributed by atoms with Crippen molar-refractivity contribution >= 4 is 17.4 Å². The van der Waals surface area contributed by atoms with Crippen LogP contribution in [0.15, 0.2) is 48.0 Å². The third-order valence-electron chi connectivity index (χ3n) is 5.63. The van der Waals surface area contributed by atoms with Crippen molar-refractivity contribution in [1.82, 2.24) is 9.80 Å². The first-order valence-corrected chi connectivity index (χ1v) is 11.0. The molecule has 0 aliphatic carbocycles. The minimum atomic E-state index is -0.657. The number of aryl methyl sites for hydroxylation is 2. The maximum atomic E-state index is 13.1. The number of aliphatic hydroxyl groups excluding tert-OH is 1. The first-order valence-electron chi connectivity index (χ1n) is 11.0. The van der Waals surface area contributed by atoms with Crippen molar-refractivity contribution in [1.29, 1.82) is 0 Å². The van der Waals surface area contributed by atoms with Gasteiger partial charge in [0.05, 0.1) is 18.2 Å². The fraction of sp³-hybridized carbons (Fsp3) is 0.385. The van der Waals surface area contributed by atoms with E-state index >= 15 is 0 Å². The summed E-state index contributed by atoms with van der Waals surface area (Å²) in [5.74, 6) is -0.661. The Morgan fingerprint density at radius 3 is 2.38 bits per heavy atom. The number of nitrogens with zero attached hydrogens (tertiary/aromatic N) is 2. The molecule has 1 saturated heterocycles. The second-order valence-electron chi connectivity index (χ2n) is 8.54. The fourth-order valence-electron chi connectivity index (χ4n) is 3.84. The van der Waals surface area contributed by atoms with E-state index in [1.165, 1.54) is 0 Å². The number of benzene rings is 2. The lowest BCUT2D eigenvalue weighted by molar-refractivity contribution is -0.140. The van der Waals surface area contributed by atoms with Crippen molar-refractivity contribution in [3.63, 3.8) is 0 Å². The van der Waals surface area contributed by atoms with Gasteiger partial charge in [-0.2, -0.15) is 0 Å². The van der Waals surface area contributed by atoms with E-state index in [0.717, 1.165) is 28.9 Å². The normalized spacial score (nSPS) is 17.9. The lowest BCUT2D eigenvalue weighted by Crippen LogP contribution is -2.35. The molecule has 1 heterocycles. The Labute approximate surface area is 190 Å². The minimum absolute atomic E-state index is 0.124. The lowest BCUT2D eigenvalue weighted by Gasteiger charge is -2.26. The summed E-state index contributed by atoms with van der Waals surface area (Å²) in [6.45, 7) is 7.52. The predicted octanol–water partition coefficient (Wildman–Crippen LogP) is 4.08. The first-order chi connectivity index (χ1) is 15.2. The molecule has 170 valence electrons. The molecule has 1 aliphatic heterocycles. The van der Waals surface area contributed by atoms with E-state index in [1.54, 1.807) is 23.1 Å².